The van der Waals surface area contributed by atoms with Crippen LogP contribution in [0.2, 0.25) is 0 Å². The van der Waals surface area contributed by atoms with Crippen molar-refractivity contribution in [3.8, 4) is 0 Å². The SMILES string of the molecule is O=C1OC[C@@H]2CON(CCS(=O)(=O)c3ccccc3)[C@]12c1cccs1. The van der Waals surface area contributed by atoms with Crippen molar-refractivity contribution in [3.05, 3.63) is 52.7 Å². The molecule has 2 saturated heterocycles. The number of esters is 1. The third kappa shape index (κ3) is 2.60. The molecule has 0 N–H and O–H groups in total. The highest BCUT2D eigenvalue weighted by Gasteiger charge is 2.63. The van der Waals surface area contributed by atoms with Crippen LogP contribution < -0.4 is 0 Å². The zero-order valence-electron chi connectivity index (χ0n) is 13.3. The van der Waals surface area contributed by atoms with Gasteiger partial charge in [0.15, 0.2) is 15.4 Å². The van der Waals surface area contributed by atoms with E-state index in [2.05, 4.69) is 0 Å². The van der Waals surface area contributed by atoms with E-state index < -0.39 is 15.4 Å². The predicted octanol–water partition coefficient (Wildman–Crippen LogP) is 1.84. The van der Waals surface area contributed by atoms with Gasteiger partial charge in [0.1, 0.15) is 0 Å². The summed E-state index contributed by atoms with van der Waals surface area (Å²) in [5.41, 5.74) is -1.03. The van der Waals surface area contributed by atoms with E-state index in [-0.39, 0.29) is 29.1 Å². The summed E-state index contributed by atoms with van der Waals surface area (Å²) in [5, 5.41) is 3.41. The van der Waals surface area contributed by atoms with Crippen LogP contribution in [-0.2, 0) is 29.7 Å². The van der Waals surface area contributed by atoms with Gasteiger partial charge in [0, 0.05) is 11.4 Å². The number of nitrogens with zero attached hydrogens (tertiary/aromatic N) is 1. The number of hydroxylamine groups is 2. The molecule has 3 heterocycles. The average Bonchev–Trinajstić information content (AvgIpc) is 3.32. The zero-order chi connectivity index (χ0) is 17.5. The maximum atomic E-state index is 12.6. The van der Waals surface area contributed by atoms with E-state index >= 15 is 0 Å². The number of hydrogen-bond acceptors (Lipinski definition) is 7. The molecular weight excluding hydrogens is 362 g/mol. The normalized spacial score (nSPS) is 26.6. The number of sulfone groups is 1. The van der Waals surface area contributed by atoms with Gasteiger partial charge in [-0.3, -0.25) is 4.84 Å². The Labute approximate surface area is 149 Å². The molecule has 2 fully saturated rings. The number of ether oxygens (including phenoxy) is 1. The fraction of sp³-hybridized carbons (Fsp3) is 0.353. The molecule has 0 unspecified atom stereocenters. The van der Waals surface area contributed by atoms with E-state index in [4.69, 9.17) is 9.57 Å². The van der Waals surface area contributed by atoms with Gasteiger partial charge in [0.2, 0.25) is 0 Å². The van der Waals surface area contributed by atoms with E-state index in [1.165, 1.54) is 16.4 Å². The Kier molecular flexibility index (Phi) is 4.15. The molecule has 1 aromatic heterocycles. The first-order chi connectivity index (χ1) is 12.0. The van der Waals surface area contributed by atoms with Gasteiger partial charge in [-0.05, 0) is 23.6 Å². The molecule has 2 aromatic rings. The maximum absolute atomic E-state index is 12.6. The van der Waals surface area contributed by atoms with Gasteiger partial charge in [-0.2, -0.15) is 5.06 Å². The Morgan fingerprint density at radius 2 is 1.96 bits per heavy atom. The topological polar surface area (TPSA) is 72.9 Å². The molecule has 0 radical (unpaired) electrons. The molecule has 1 aromatic carbocycles. The number of cyclic esters (lactones) is 1. The Balaban J connectivity index is 1.61. The van der Waals surface area contributed by atoms with Crippen LogP contribution in [0.15, 0.2) is 52.7 Å². The highest BCUT2D eigenvalue weighted by Crippen LogP contribution is 2.48. The number of carbonyl (C=O) groups excluding carboxylic acids is 1. The van der Waals surface area contributed by atoms with Crippen molar-refractivity contribution in [2.45, 2.75) is 10.4 Å². The first-order valence-electron chi connectivity index (χ1n) is 7.95. The molecule has 2 aliphatic rings. The number of thiophene rings is 1. The van der Waals surface area contributed by atoms with Gasteiger partial charge >= 0.3 is 5.97 Å². The largest absolute Gasteiger partial charge is 0.463 e. The molecule has 6 nitrogen and oxygen atoms in total. The van der Waals surface area contributed by atoms with Crippen LogP contribution in [0, 0.1) is 5.92 Å². The second kappa shape index (κ2) is 6.21. The molecular formula is C17H17NO5S2. The highest BCUT2D eigenvalue weighted by atomic mass is 32.2. The zero-order valence-corrected chi connectivity index (χ0v) is 15.0. The van der Waals surface area contributed by atoms with Crippen LogP contribution in [0.1, 0.15) is 4.88 Å². The van der Waals surface area contributed by atoms with Crippen molar-refractivity contribution >= 4 is 27.1 Å². The van der Waals surface area contributed by atoms with E-state index in [9.17, 15) is 13.2 Å². The summed E-state index contributed by atoms with van der Waals surface area (Å²) in [5.74, 6) is -0.628. The number of hydrogen-bond donors (Lipinski definition) is 0. The minimum atomic E-state index is -3.46. The van der Waals surface area contributed by atoms with Crippen LogP contribution >= 0.6 is 11.3 Å². The lowest BCUT2D eigenvalue weighted by molar-refractivity contribution is -0.186. The van der Waals surface area contributed by atoms with E-state index in [0.717, 1.165) is 4.88 Å². The average molecular weight is 379 g/mol. The first kappa shape index (κ1) is 16.7. The van der Waals surface area contributed by atoms with Crippen LogP contribution in [0.25, 0.3) is 0 Å². The molecule has 0 aliphatic carbocycles. The van der Waals surface area contributed by atoms with E-state index in [1.807, 2.05) is 17.5 Å². The molecule has 0 amide bonds. The number of fused-ring (bicyclic) bond motifs is 1. The van der Waals surface area contributed by atoms with Crippen molar-refractivity contribution < 1.29 is 22.8 Å². The van der Waals surface area contributed by atoms with Gasteiger partial charge in [0.05, 0.1) is 29.8 Å². The number of benzene rings is 1. The Hall–Kier alpha value is -1.74. The Morgan fingerprint density at radius 3 is 2.68 bits per heavy atom. The van der Waals surface area contributed by atoms with Gasteiger partial charge in [-0.15, -0.1) is 11.3 Å². The van der Waals surface area contributed by atoms with Crippen LogP contribution in [0.4, 0.5) is 0 Å². The smallest absolute Gasteiger partial charge is 0.334 e. The molecule has 0 spiro atoms. The van der Waals surface area contributed by atoms with Crippen molar-refractivity contribution in [3.63, 3.8) is 0 Å². The van der Waals surface area contributed by atoms with Gasteiger partial charge < -0.3 is 4.74 Å². The molecule has 0 bridgehead atoms. The Bertz CT molecular complexity index is 866. The van der Waals surface area contributed by atoms with Crippen molar-refractivity contribution in [2.24, 2.45) is 5.92 Å². The number of rotatable bonds is 5. The standard InChI is InChI=1S/C17H17NO5S2/c19-16-17(15-7-4-9-24-15)13(11-22-16)12-23-18(17)8-10-25(20,21)14-5-2-1-3-6-14/h1-7,9,13H,8,10-12H2/t13-,17-/m1/s1. The van der Waals surface area contributed by atoms with Crippen LogP contribution in [0.3, 0.4) is 0 Å². The minimum Gasteiger partial charge on any atom is -0.463 e. The lowest BCUT2D eigenvalue weighted by Crippen LogP contribution is -2.49. The second-order valence-corrected chi connectivity index (χ2v) is 9.13. The molecule has 2 atom stereocenters. The molecule has 0 saturated carbocycles. The van der Waals surface area contributed by atoms with Gasteiger partial charge in [-0.1, -0.05) is 24.3 Å². The Morgan fingerprint density at radius 1 is 1.16 bits per heavy atom. The first-order valence-corrected chi connectivity index (χ1v) is 10.5. The van der Waals surface area contributed by atoms with Gasteiger partial charge in [0.25, 0.3) is 0 Å². The molecule has 8 heteroatoms. The summed E-state index contributed by atoms with van der Waals surface area (Å²) in [6.07, 6.45) is 0. The summed E-state index contributed by atoms with van der Waals surface area (Å²) in [7, 11) is -3.46. The molecule has 4 rings (SSSR count). The minimum absolute atomic E-state index is 0.0979. The summed E-state index contributed by atoms with van der Waals surface area (Å²) in [4.78, 5) is 19.4. The summed E-state index contributed by atoms with van der Waals surface area (Å²) in [6, 6.07) is 12.0. The van der Waals surface area contributed by atoms with Crippen LogP contribution in [0.5, 0.6) is 0 Å². The second-order valence-electron chi connectivity index (χ2n) is 6.07. The number of carbonyl (C=O) groups is 1. The predicted molar refractivity (Wildman–Crippen MR) is 91.6 cm³/mol. The summed E-state index contributed by atoms with van der Waals surface area (Å²) >= 11 is 1.45. The van der Waals surface area contributed by atoms with Crippen molar-refractivity contribution in [1.29, 1.82) is 0 Å². The third-order valence-corrected chi connectivity index (χ3v) is 7.41. The van der Waals surface area contributed by atoms with Crippen molar-refractivity contribution in [1.82, 2.24) is 5.06 Å². The lowest BCUT2D eigenvalue weighted by Gasteiger charge is -2.31. The maximum Gasteiger partial charge on any atom is 0.334 e. The highest BCUT2D eigenvalue weighted by molar-refractivity contribution is 7.91. The van der Waals surface area contributed by atoms with E-state index in [0.29, 0.717) is 13.2 Å². The monoisotopic (exact) mass is 379 g/mol. The quantitative estimate of drug-likeness (QED) is 0.738. The molecule has 2 aliphatic heterocycles. The molecule has 132 valence electrons. The fourth-order valence-corrected chi connectivity index (χ4v) is 5.65. The fourth-order valence-electron chi connectivity index (χ4n) is 3.44. The lowest BCUT2D eigenvalue weighted by atomic mass is 9.86. The third-order valence-electron chi connectivity index (χ3n) is 4.70. The van der Waals surface area contributed by atoms with Crippen LogP contribution in [-0.4, -0.2) is 45.0 Å². The summed E-state index contributed by atoms with van der Waals surface area (Å²) in [6.45, 7) is 0.731. The summed E-state index contributed by atoms with van der Waals surface area (Å²) < 4.78 is 30.4. The van der Waals surface area contributed by atoms with E-state index in [1.54, 1.807) is 30.3 Å². The molecule has 25 heavy (non-hydrogen) atoms. The van der Waals surface area contributed by atoms with Crippen molar-refractivity contribution in [2.75, 3.05) is 25.5 Å². The van der Waals surface area contributed by atoms with Gasteiger partial charge in [-0.25, -0.2) is 13.2 Å².